The lowest BCUT2D eigenvalue weighted by molar-refractivity contribution is 0.102. The quantitative estimate of drug-likeness (QED) is 0.937. The maximum absolute atomic E-state index is 13.6. The first kappa shape index (κ1) is 16.3. The molecule has 1 fully saturated rings. The maximum atomic E-state index is 13.6. The molecular weight excluding hydrogens is 314 g/mol. The van der Waals surface area contributed by atoms with Gasteiger partial charge in [-0.15, -0.1) is 10.2 Å². The summed E-state index contributed by atoms with van der Waals surface area (Å²) in [4.78, 5) is 14.2. The number of carbonyl (C=O) groups excluding carboxylic acids is 1. The van der Waals surface area contributed by atoms with Crippen molar-refractivity contribution < 1.29 is 13.6 Å². The summed E-state index contributed by atoms with van der Waals surface area (Å²) in [6.07, 6.45) is 2.19. The van der Waals surface area contributed by atoms with Gasteiger partial charge in [0, 0.05) is 13.1 Å². The molecular formula is C17H18F2N4O. The molecule has 24 heavy (non-hydrogen) atoms. The fourth-order valence-electron chi connectivity index (χ4n) is 2.65. The molecule has 0 atom stereocenters. The van der Waals surface area contributed by atoms with Crippen LogP contribution in [0.5, 0.6) is 0 Å². The molecule has 5 nitrogen and oxygen atoms in total. The Hall–Kier alpha value is -2.57. The van der Waals surface area contributed by atoms with Crippen LogP contribution in [0.25, 0.3) is 0 Å². The molecule has 1 aromatic carbocycles. The molecule has 7 heteroatoms. The van der Waals surface area contributed by atoms with Gasteiger partial charge in [-0.05, 0) is 43.0 Å². The summed E-state index contributed by atoms with van der Waals surface area (Å²) >= 11 is 0. The van der Waals surface area contributed by atoms with Crippen molar-refractivity contribution in [2.75, 3.05) is 23.3 Å². The second kappa shape index (κ2) is 6.90. The predicted molar refractivity (Wildman–Crippen MR) is 87.0 cm³/mol. The molecule has 0 radical (unpaired) electrons. The number of aromatic nitrogens is 2. The summed E-state index contributed by atoms with van der Waals surface area (Å²) in [5.74, 6) is -0.971. The predicted octanol–water partition coefficient (Wildman–Crippen LogP) is 3.24. The standard InChI is InChI=1S/C17H18F2N4O/c1-11-7-9-23(10-8-11)15-6-5-14(21-22-15)17(24)20-16-12(18)3-2-4-13(16)19/h2-6,11H,7-10H2,1H3,(H,20,24). The topological polar surface area (TPSA) is 58.1 Å². The highest BCUT2D eigenvalue weighted by Gasteiger charge is 2.19. The highest BCUT2D eigenvalue weighted by molar-refractivity contribution is 6.02. The number of para-hydroxylation sites is 1. The van der Waals surface area contributed by atoms with Crippen LogP contribution in [-0.4, -0.2) is 29.2 Å². The third-order valence-electron chi connectivity index (χ3n) is 4.19. The Balaban J connectivity index is 1.70. The van der Waals surface area contributed by atoms with Crippen molar-refractivity contribution in [1.29, 1.82) is 0 Å². The molecule has 1 aromatic heterocycles. The number of nitrogens with one attached hydrogen (secondary N) is 1. The monoisotopic (exact) mass is 332 g/mol. The van der Waals surface area contributed by atoms with E-state index in [1.165, 1.54) is 12.1 Å². The molecule has 0 bridgehead atoms. The molecule has 0 aliphatic carbocycles. The molecule has 126 valence electrons. The minimum absolute atomic E-state index is 0.00628. The van der Waals surface area contributed by atoms with E-state index in [0.717, 1.165) is 38.1 Å². The average molecular weight is 332 g/mol. The second-order valence-corrected chi connectivity index (χ2v) is 6.00. The van der Waals surface area contributed by atoms with E-state index in [-0.39, 0.29) is 5.69 Å². The van der Waals surface area contributed by atoms with E-state index < -0.39 is 23.2 Å². The van der Waals surface area contributed by atoms with Crippen LogP contribution in [0.3, 0.4) is 0 Å². The lowest BCUT2D eigenvalue weighted by Crippen LogP contribution is -2.33. The van der Waals surface area contributed by atoms with E-state index in [0.29, 0.717) is 11.7 Å². The van der Waals surface area contributed by atoms with Crippen LogP contribution in [0, 0.1) is 17.6 Å². The van der Waals surface area contributed by atoms with E-state index >= 15 is 0 Å². The number of amides is 1. The largest absolute Gasteiger partial charge is 0.355 e. The summed E-state index contributed by atoms with van der Waals surface area (Å²) < 4.78 is 27.1. The zero-order valence-electron chi connectivity index (χ0n) is 13.3. The fourth-order valence-corrected chi connectivity index (χ4v) is 2.65. The molecule has 2 heterocycles. The molecule has 1 N–H and O–H groups in total. The van der Waals surface area contributed by atoms with Crippen LogP contribution in [0.1, 0.15) is 30.3 Å². The lowest BCUT2D eigenvalue weighted by Gasteiger charge is -2.30. The number of anilines is 2. The van der Waals surface area contributed by atoms with Gasteiger partial charge < -0.3 is 10.2 Å². The second-order valence-electron chi connectivity index (χ2n) is 6.00. The number of carbonyl (C=O) groups is 1. The number of rotatable bonds is 3. The van der Waals surface area contributed by atoms with Gasteiger partial charge in [-0.1, -0.05) is 13.0 Å². The van der Waals surface area contributed by atoms with Gasteiger partial charge in [0.05, 0.1) is 0 Å². The van der Waals surface area contributed by atoms with Crippen LogP contribution >= 0.6 is 0 Å². The number of piperidine rings is 1. The minimum atomic E-state index is -0.838. The maximum Gasteiger partial charge on any atom is 0.276 e. The number of hydrogen-bond donors (Lipinski definition) is 1. The van der Waals surface area contributed by atoms with Crippen molar-refractivity contribution in [3.05, 3.63) is 47.7 Å². The van der Waals surface area contributed by atoms with Gasteiger partial charge in [0.25, 0.3) is 5.91 Å². The van der Waals surface area contributed by atoms with E-state index in [9.17, 15) is 13.6 Å². The summed E-state index contributed by atoms with van der Waals surface area (Å²) in [6, 6.07) is 6.59. The normalized spacial score (nSPS) is 15.4. The molecule has 1 aliphatic heterocycles. The molecule has 3 rings (SSSR count). The van der Waals surface area contributed by atoms with Gasteiger partial charge >= 0.3 is 0 Å². The van der Waals surface area contributed by atoms with Gasteiger partial charge in [-0.25, -0.2) is 8.78 Å². The Bertz CT molecular complexity index is 708. The van der Waals surface area contributed by atoms with Gasteiger partial charge in [0.1, 0.15) is 17.3 Å². The molecule has 2 aromatic rings. The van der Waals surface area contributed by atoms with E-state index in [1.807, 2.05) is 0 Å². The van der Waals surface area contributed by atoms with Gasteiger partial charge in [-0.2, -0.15) is 0 Å². The number of benzene rings is 1. The highest BCUT2D eigenvalue weighted by Crippen LogP contribution is 2.21. The first-order chi connectivity index (χ1) is 11.5. The Morgan fingerprint density at radius 2 is 1.79 bits per heavy atom. The average Bonchev–Trinajstić information content (AvgIpc) is 2.59. The number of nitrogens with zero attached hydrogens (tertiary/aromatic N) is 3. The molecule has 1 aliphatic rings. The van der Waals surface area contributed by atoms with Gasteiger partial charge in [0.15, 0.2) is 11.5 Å². The lowest BCUT2D eigenvalue weighted by atomic mass is 9.99. The molecule has 0 unspecified atom stereocenters. The summed E-state index contributed by atoms with van der Waals surface area (Å²) in [5.41, 5.74) is -0.481. The van der Waals surface area contributed by atoms with Crippen molar-refractivity contribution in [2.45, 2.75) is 19.8 Å². The highest BCUT2D eigenvalue weighted by atomic mass is 19.1. The first-order valence-electron chi connectivity index (χ1n) is 7.88. The van der Waals surface area contributed by atoms with E-state index in [2.05, 4.69) is 27.3 Å². The Kier molecular flexibility index (Phi) is 4.69. The Morgan fingerprint density at radius 1 is 1.12 bits per heavy atom. The van der Waals surface area contributed by atoms with Crippen molar-refractivity contribution in [3.8, 4) is 0 Å². The zero-order valence-corrected chi connectivity index (χ0v) is 13.3. The summed E-state index contributed by atoms with van der Waals surface area (Å²) in [5, 5.41) is 10.1. The SMILES string of the molecule is CC1CCN(c2ccc(C(=O)Nc3c(F)cccc3F)nn2)CC1. The van der Waals surface area contributed by atoms with Crippen molar-refractivity contribution in [2.24, 2.45) is 5.92 Å². The van der Waals surface area contributed by atoms with Gasteiger partial charge in [0.2, 0.25) is 0 Å². The van der Waals surface area contributed by atoms with Crippen molar-refractivity contribution >= 4 is 17.4 Å². The first-order valence-corrected chi connectivity index (χ1v) is 7.88. The third kappa shape index (κ3) is 3.50. The number of hydrogen-bond acceptors (Lipinski definition) is 4. The van der Waals surface area contributed by atoms with E-state index in [1.54, 1.807) is 6.07 Å². The molecule has 0 spiro atoms. The Labute approximate surface area is 138 Å². The van der Waals surface area contributed by atoms with Crippen LogP contribution in [0.2, 0.25) is 0 Å². The van der Waals surface area contributed by atoms with Crippen LogP contribution in [0.15, 0.2) is 30.3 Å². The zero-order chi connectivity index (χ0) is 17.1. The summed E-state index contributed by atoms with van der Waals surface area (Å²) in [7, 11) is 0. The molecule has 1 amide bonds. The van der Waals surface area contributed by atoms with Crippen LogP contribution in [-0.2, 0) is 0 Å². The summed E-state index contributed by atoms with van der Waals surface area (Å²) in [6.45, 7) is 4.03. The molecule has 1 saturated heterocycles. The van der Waals surface area contributed by atoms with Crippen LogP contribution < -0.4 is 10.2 Å². The van der Waals surface area contributed by atoms with Crippen molar-refractivity contribution in [1.82, 2.24) is 10.2 Å². The van der Waals surface area contributed by atoms with Crippen molar-refractivity contribution in [3.63, 3.8) is 0 Å². The molecule has 0 saturated carbocycles. The Morgan fingerprint density at radius 3 is 2.38 bits per heavy atom. The third-order valence-corrected chi connectivity index (χ3v) is 4.19. The van der Waals surface area contributed by atoms with E-state index in [4.69, 9.17) is 0 Å². The fraction of sp³-hybridized carbons (Fsp3) is 0.353. The minimum Gasteiger partial charge on any atom is -0.355 e. The van der Waals surface area contributed by atoms with Crippen LogP contribution in [0.4, 0.5) is 20.3 Å². The smallest absolute Gasteiger partial charge is 0.276 e. The van der Waals surface area contributed by atoms with Gasteiger partial charge in [-0.3, -0.25) is 4.79 Å². The number of halogens is 2.